The number of benzene rings is 2. The maximum absolute atomic E-state index is 13.2. The molecule has 4 aromatic rings. The lowest BCUT2D eigenvalue weighted by Gasteiger charge is -2.32. The van der Waals surface area contributed by atoms with E-state index in [4.69, 9.17) is 47.7 Å². The van der Waals surface area contributed by atoms with Crippen molar-refractivity contribution in [3.8, 4) is 16.8 Å². The number of anilines is 2. The molecule has 2 amide bonds. The van der Waals surface area contributed by atoms with Crippen LogP contribution in [-0.4, -0.2) is 97.4 Å². The fourth-order valence-corrected chi connectivity index (χ4v) is 7.92. The number of nitrogens with one attached hydrogen (secondary N) is 1. The van der Waals surface area contributed by atoms with Crippen LogP contribution in [-0.2, 0) is 19.1 Å². The number of aliphatic imine (C=N–C) groups is 1. The molecular weight excluding hydrogens is 751 g/mol. The van der Waals surface area contributed by atoms with E-state index < -0.39 is 6.04 Å². The Morgan fingerprint density at radius 3 is 2.63 bits per heavy atom. The van der Waals surface area contributed by atoms with Crippen LogP contribution in [0.15, 0.2) is 47.5 Å². The number of ether oxygens (including phenoxy) is 3. The molecule has 54 heavy (non-hydrogen) atoms. The van der Waals surface area contributed by atoms with Crippen molar-refractivity contribution in [1.29, 1.82) is 5.26 Å². The summed E-state index contributed by atoms with van der Waals surface area (Å²) >= 11 is 13.7. The third-order valence-corrected chi connectivity index (χ3v) is 10.9. The van der Waals surface area contributed by atoms with Gasteiger partial charge in [0.15, 0.2) is 5.82 Å². The Bertz CT molecular complexity index is 2040. The standard InChI is InChI=1S/C38H42Cl2N8O5S/c1-24-25(2)54-38-35(24)36(27-5-7-28(40)8-6-27)43-30(37-45-44-26(3)48(37)38)22-33(49)42-12-16-51-19-20-52-17-14-46-15-18-53-32-21-29(9-10-31(32)46)47(13-4-11-41)34(50)23-39/h5-10,21,30H,4,12-20,22-23H2,1-3H3,(H,42,49)/t30-/m0/s1. The summed E-state index contributed by atoms with van der Waals surface area (Å²) in [5, 5.41) is 22.4. The molecular formula is C38H42Cl2N8O5S. The van der Waals surface area contributed by atoms with Crippen LogP contribution in [0.25, 0.3) is 5.00 Å². The van der Waals surface area contributed by atoms with Gasteiger partial charge in [-0.25, -0.2) is 0 Å². The van der Waals surface area contributed by atoms with Crippen molar-refractivity contribution in [2.24, 2.45) is 4.99 Å². The number of nitrogens with zero attached hydrogens (tertiary/aromatic N) is 7. The van der Waals surface area contributed by atoms with E-state index in [1.54, 1.807) is 11.3 Å². The second-order valence-corrected chi connectivity index (χ2v) is 14.7. The minimum absolute atomic E-state index is 0.0995. The molecule has 2 aromatic carbocycles. The van der Waals surface area contributed by atoms with Gasteiger partial charge in [-0.1, -0.05) is 23.7 Å². The molecule has 13 nitrogen and oxygen atoms in total. The van der Waals surface area contributed by atoms with E-state index in [-0.39, 0.29) is 37.1 Å². The number of thiophene rings is 1. The van der Waals surface area contributed by atoms with E-state index in [9.17, 15) is 9.59 Å². The fraction of sp³-hybridized carbons (Fsp3) is 0.421. The van der Waals surface area contributed by atoms with E-state index in [2.05, 4.69) is 40.3 Å². The van der Waals surface area contributed by atoms with Gasteiger partial charge in [0.25, 0.3) is 0 Å². The monoisotopic (exact) mass is 792 g/mol. The van der Waals surface area contributed by atoms with Gasteiger partial charge in [0, 0.05) is 52.4 Å². The summed E-state index contributed by atoms with van der Waals surface area (Å²) in [5.74, 6) is 1.43. The SMILES string of the molecule is Cc1sc2c(c1C)C(c1ccc(Cl)cc1)=N[C@@H](CC(=O)NCCOCCOCCN1CCOc3cc(N(CCC#N)C(=O)CCl)ccc31)c1nnc(C)n1-2. The molecule has 284 valence electrons. The molecule has 2 aliphatic rings. The van der Waals surface area contributed by atoms with Gasteiger partial charge in [-0.2, -0.15) is 5.26 Å². The van der Waals surface area contributed by atoms with Gasteiger partial charge in [-0.3, -0.25) is 19.1 Å². The van der Waals surface area contributed by atoms with Crippen LogP contribution >= 0.6 is 34.5 Å². The Morgan fingerprint density at radius 1 is 1.09 bits per heavy atom. The number of aryl methyl sites for hydroxylation is 2. The highest BCUT2D eigenvalue weighted by Crippen LogP contribution is 2.40. The Labute approximate surface area is 328 Å². The van der Waals surface area contributed by atoms with E-state index in [1.807, 2.05) is 54.0 Å². The molecule has 0 fully saturated rings. The van der Waals surface area contributed by atoms with E-state index in [0.717, 1.165) is 38.9 Å². The molecule has 0 bridgehead atoms. The average molecular weight is 794 g/mol. The van der Waals surface area contributed by atoms with Gasteiger partial charge in [0.1, 0.15) is 35.1 Å². The number of halogens is 2. The lowest BCUT2D eigenvalue weighted by molar-refractivity contribution is -0.121. The zero-order chi connectivity index (χ0) is 38.2. The van der Waals surface area contributed by atoms with Gasteiger partial charge >= 0.3 is 0 Å². The predicted octanol–water partition coefficient (Wildman–Crippen LogP) is 5.72. The summed E-state index contributed by atoms with van der Waals surface area (Å²) in [4.78, 5) is 35.6. The van der Waals surface area contributed by atoms with E-state index in [1.165, 1.54) is 9.78 Å². The third-order valence-electron chi connectivity index (χ3n) is 9.26. The Hall–Kier alpha value is -4.52. The summed E-state index contributed by atoms with van der Waals surface area (Å²) in [7, 11) is 0. The van der Waals surface area contributed by atoms with Gasteiger partial charge in [0.05, 0.1) is 63.3 Å². The summed E-state index contributed by atoms with van der Waals surface area (Å²) in [5.41, 5.74) is 5.42. The van der Waals surface area contributed by atoms with Crippen molar-refractivity contribution in [1.82, 2.24) is 20.1 Å². The molecule has 0 saturated carbocycles. The van der Waals surface area contributed by atoms with Gasteiger partial charge in [0.2, 0.25) is 11.8 Å². The van der Waals surface area contributed by atoms with Crippen LogP contribution in [0.2, 0.25) is 5.02 Å². The predicted molar refractivity (Wildman–Crippen MR) is 210 cm³/mol. The second-order valence-electron chi connectivity index (χ2n) is 12.8. The lowest BCUT2D eigenvalue weighted by atomic mass is 9.99. The first-order chi connectivity index (χ1) is 26.2. The molecule has 16 heteroatoms. The summed E-state index contributed by atoms with van der Waals surface area (Å²) < 4.78 is 19.5. The number of hydrogen-bond donors (Lipinski definition) is 1. The van der Waals surface area contributed by atoms with Crippen molar-refractivity contribution < 1.29 is 23.8 Å². The number of nitriles is 1. The highest BCUT2D eigenvalue weighted by Gasteiger charge is 2.32. The van der Waals surface area contributed by atoms with Crippen LogP contribution in [0.3, 0.4) is 0 Å². The number of hydrogen-bond acceptors (Lipinski definition) is 11. The smallest absolute Gasteiger partial charge is 0.241 e. The molecule has 0 radical (unpaired) electrons. The minimum Gasteiger partial charge on any atom is -0.489 e. The van der Waals surface area contributed by atoms with Crippen LogP contribution in [0.1, 0.15) is 52.1 Å². The van der Waals surface area contributed by atoms with Crippen molar-refractivity contribution in [2.45, 2.75) is 39.7 Å². The van der Waals surface area contributed by atoms with E-state index in [0.29, 0.717) is 75.0 Å². The first-order valence-corrected chi connectivity index (χ1v) is 19.5. The Balaban J connectivity index is 0.963. The summed E-state index contributed by atoms with van der Waals surface area (Å²) in [6.45, 7) is 10.2. The Kier molecular flexibility index (Phi) is 13.2. The largest absolute Gasteiger partial charge is 0.489 e. The molecule has 6 rings (SSSR count). The summed E-state index contributed by atoms with van der Waals surface area (Å²) in [6.07, 6.45) is 0.301. The maximum atomic E-state index is 13.2. The summed E-state index contributed by atoms with van der Waals surface area (Å²) in [6, 6.07) is 14.7. The molecule has 0 spiro atoms. The van der Waals surface area contributed by atoms with Crippen molar-refractivity contribution >= 4 is 63.4 Å². The lowest BCUT2D eigenvalue weighted by Crippen LogP contribution is -2.36. The molecule has 1 atom stereocenters. The van der Waals surface area contributed by atoms with Gasteiger partial charge < -0.3 is 29.3 Å². The van der Waals surface area contributed by atoms with Crippen molar-refractivity contribution in [2.75, 3.05) is 74.9 Å². The quantitative estimate of drug-likeness (QED) is 0.111. The number of alkyl halides is 1. The number of amides is 2. The fourth-order valence-electron chi connectivity index (χ4n) is 6.44. The highest BCUT2D eigenvalue weighted by molar-refractivity contribution is 7.15. The zero-order valence-corrected chi connectivity index (χ0v) is 32.8. The van der Waals surface area contributed by atoms with Crippen molar-refractivity contribution in [3.05, 3.63) is 80.7 Å². The normalized spacial score (nSPS) is 14.6. The van der Waals surface area contributed by atoms with Crippen LogP contribution < -0.4 is 19.9 Å². The molecule has 2 aromatic heterocycles. The molecule has 4 heterocycles. The topological polar surface area (TPSA) is 147 Å². The molecule has 0 saturated heterocycles. The van der Waals surface area contributed by atoms with Crippen LogP contribution in [0.5, 0.6) is 5.75 Å². The number of rotatable bonds is 16. The number of carbonyl (C=O) groups is 2. The minimum atomic E-state index is -0.546. The number of aromatic nitrogens is 3. The van der Waals surface area contributed by atoms with E-state index >= 15 is 0 Å². The molecule has 0 unspecified atom stereocenters. The third kappa shape index (κ3) is 8.88. The first kappa shape index (κ1) is 39.2. The number of carbonyl (C=O) groups excluding carboxylic acids is 2. The van der Waals surface area contributed by atoms with Gasteiger partial charge in [-0.05, 0) is 50.6 Å². The average Bonchev–Trinajstić information content (AvgIpc) is 3.65. The Morgan fingerprint density at radius 2 is 1.87 bits per heavy atom. The maximum Gasteiger partial charge on any atom is 0.241 e. The highest BCUT2D eigenvalue weighted by atomic mass is 35.5. The van der Waals surface area contributed by atoms with Gasteiger partial charge in [-0.15, -0.1) is 33.1 Å². The molecule has 1 N–H and O–H groups in total. The van der Waals surface area contributed by atoms with Crippen LogP contribution in [0, 0.1) is 32.1 Å². The van der Waals surface area contributed by atoms with Crippen LogP contribution in [0.4, 0.5) is 11.4 Å². The number of fused-ring (bicyclic) bond motifs is 4. The zero-order valence-electron chi connectivity index (χ0n) is 30.4. The second kappa shape index (κ2) is 18.2. The van der Waals surface area contributed by atoms with Crippen molar-refractivity contribution in [3.63, 3.8) is 0 Å². The first-order valence-electron chi connectivity index (χ1n) is 17.7. The molecule has 2 aliphatic heterocycles. The molecule has 0 aliphatic carbocycles.